The quantitative estimate of drug-likeness (QED) is 0.701. The Morgan fingerprint density at radius 3 is 2.32 bits per heavy atom. The molecule has 0 aromatic heterocycles. The highest BCUT2D eigenvalue weighted by Gasteiger charge is 2.31. The molecule has 5 nitrogen and oxygen atoms in total. The summed E-state index contributed by atoms with van der Waals surface area (Å²) in [6.45, 7) is 0.851. The van der Waals surface area contributed by atoms with E-state index in [9.17, 15) is 21.6 Å². The Morgan fingerprint density at radius 2 is 1.77 bits per heavy atom. The van der Waals surface area contributed by atoms with Crippen LogP contribution >= 0.6 is 0 Å². The summed E-state index contributed by atoms with van der Waals surface area (Å²) in [7, 11) is -1.96. The highest BCUT2D eigenvalue weighted by molar-refractivity contribution is 7.88. The van der Waals surface area contributed by atoms with Crippen molar-refractivity contribution in [3.63, 3.8) is 0 Å². The lowest BCUT2D eigenvalue weighted by atomic mass is 10.2. The standard InChI is InChI=1S/C13H18F3NO4S/c1-20-9-3-2-8-17-22(18,19)10-11-4-6-12(7-5-11)21-13(14,15)16/h4-7,17H,2-3,8-10H2,1H3. The van der Waals surface area contributed by atoms with E-state index >= 15 is 0 Å². The summed E-state index contributed by atoms with van der Waals surface area (Å²) in [5.74, 6) is -0.690. The topological polar surface area (TPSA) is 64.6 Å². The summed E-state index contributed by atoms with van der Waals surface area (Å²) in [6.07, 6.45) is -3.38. The number of halogens is 3. The Kier molecular flexibility index (Phi) is 7.11. The molecule has 1 N–H and O–H groups in total. The van der Waals surface area contributed by atoms with Crippen LogP contribution in [0.15, 0.2) is 24.3 Å². The van der Waals surface area contributed by atoms with Gasteiger partial charge in [0.05, 0.1) is 5.75 Å². The molecule has 0 saturated heterocycles. The highest BCUT2D eigenvalue weighted by atomic mass is 32.2. The van der Waals surface area contributed by atoms with E-state index in [0.29, 0.717) is 25.1 Å². The second-order valence-electron chi connectivity index (χ2n) is 4.55. The van der Waals surface area contributed by atoms with E-state index in [4.69, 9.17) is 4.74 Å². The van der Waals surface area contributed by atoms with E-state index in [-0.39, 0.29) is 11.5 Å². The normalized spacial score (nSPS) is 12.4. The number of unbranched alkanes of at least 4 members (excludes halogenated alkanes) is 1. The summed E-state index contributed by atoms with van der Waals surface area (Å²) in [6, 6.07) is 4.73. The molecule has 1 rings (SSSR count). The molecule has 9 heteroatoms. The van der Waals surface area contributed by atoms with Crippen LogP contribution in [0, 0.1) is 0 Å². The third-order valence-corrected chi connectivity index (χ3v) is 3.97. The van der Waals surface area contributed by atoms with Crippen LogP contribution in [0.25, 0.3) is 0 Å². The van der Waals surface area contributed by atoms with E-state index < -0.39 is 16.4 Å². The van der Waals surface area contributed by atoms with E-state index in [1.165, 1.54) is 12.1 Å². The van der Waals surface area contributed by atoms with Crippen LogP contribution in [0.2, 0.25) is 0 Å². The molecule has 0 aliphatic carbocycles. The zero-order valence-electron chi connectivity index (χ0n) is 12.0. The summed E-state index contributed by atoms with van der Waals surface area (Å²) in [4.78, 5) is 0. The molecule has 0 spiro atoms. The van der Waals surface area contributed by atoms with Gasteiger partial charge in [0.2, 0.25) is 10.0 Å². The van der Waals surface area contributed by atoms with Gasteiger partial charge in [-0.2, -0.15) is 0 Å². The number of ether oxygens (including phenoxy) is 2. The Hall–Kier alpha value is -1.32. The monoisotopic (exact) mass is 341 g/mol. The van der Waals surface area contributed by atoms with Crippen LogP contribution in [0.1, 0.15) is 18.4 Å². The molecule has 0 unspecified atom stereocenters. The van der Waals surface area contributed by atoms with Gasteiger partial charge in [-0.15, -0.1) is 13.2 Å². The number of sulfonamides is 1. The third-order valence-electron chi connectivity index (χ3n) is 2.61. The molecule has 0 aliphatic rings. The number of nitrogens with one attached hydrogen (secondary N) is 1. The van der Waals surface area contributed by atoms with E-state index in [0.717, 1.165) is 18.6 Å². The SMILES string of the molecule is COCCCCNS(=O)(=O)Cc1ccc(OC(F)(F)F)cc1. The molecule has 0 saturated carbocycles. The molecule has 0 heterocycles. The van der Waals surface area contributed by atoms with Gasteiger partial charge in [-0.25, -0.2) is 13.1 Å². The van der Waals surface area contributed by atoms with Crippen LogP contribution in [0.3, 0.4) is 0 Å². The van der Waals surface area contributed by atoms with Crippen molar-refractivity contribution in [1.29, 1.82) is 0 Å². The minimum Gasteiger partial charge on any atom is -0.406 e. The zero-order chi connectivity index (χ0) is 16.6. The molecule has 0 atom stereocenters. The molecule has 1 aromatic rings. The van der Waals surface area contributed by atoms with Crippen molar-refractivity contribution < 1.29 is 31.1 Å². The van der Waals surface area contributed by atoms with Gasteiger partial charge >= 0.3 is 6.36 Å². The average Bonchev–Trinajstić information content (AvgIpc) is 2.39. The fourth-order valence-electron chi connectivity index (χ4n) is 1.66. The first-order valence-corrected chi connectivity index (χ1v) is 8.18. The van der Waals surface area contributed by atoms with Gasteiger partial charge in [0.15, 0.2) is 0 Å². The summed E-state index contributed by atoms with van der Waals surface area (Å²) < 4.78 is 70.6. The number of hydrogen-bond donors (Lipinski definition) is 1. The van der Waals surface area contributed by atoms with Crippen LogP contribution in [0.4, 0.5) is 13.2 Å². The van der Waals surface area contributed by atoms with Gasteiger partial charge in [0, 0.05) is 20.3 Å². The fourth-order valence-corrected chi connectivity index (χ4v) is 2.85. The van der Waals surface area contributed by atoms with Crippen molar-refractivity contribution in [2.24, 2.45) is 0 Å². The predicted octanol–water partition coefficient (Wildman–Crippen LogP) is 2.43. The van der Waals surface area contributed by atoms with Crippen LogP contribution < -0.4 is 9.46 Å². The molecule has 0 amide bonds. The lowest BCUT2D eigenvalue weighted by molar-refractivity contribution is -0.274. The second-order valence-corrected chi connectivity index (χ2v) is 6.35. The third kappa shape index (κ3) is 8.20. The van der Waals surface area contributed by atoms with E-state index in [1.54, 1.807) is 7.11 Å². The molecule has 126 valence electrons. The summed E-state index contributed by atoms with van der Waals surface area (Å²) in [5.41, 5.74) is 0.374. The van der Waals surface area contributed by atoms with Crippen LogP contribution in [-0.2, 0) is 20.5 Å². The second kappa shape index (κ2) is 8.35. The minimum absolute atomic E-state index is 0.293. The van der Waals surface area contributed by atoms with Crippen molar-refractivity contribution in [2.45, 2.75) is 25.0 Å². The zero-order valence-corrected chi connectivity index (χ0v) is 12.8. The predicted molar refractivity (Wildman–Crippen MR) is 74.9 cm³/mol. The van der Waals surface area contributed by atoms with Gasteiger partial charge in [0.1, 0.15) is 5.75 Å². The molecule has 0 bridgehead atoms. The number of rotatable bonds is 9. The first-order valence-electron chi connectivity index (χ1n) is 6.53. The van der Waals surface area contributed by atoms with Gasteiger partial charge in [-0.3, -0.25) is 0 Å². The Bertz CT molecular complexity index is 543. The molecule has 0 fully saturated rings. The molecular formula is C13H18F3NO4S. The molecule has 0 aliphatic heterocycles. The van der Waals surface area contributed by atoms with Crippen molar-refractivity contribution in [1.82, 2.24) is 4.72 Å². The Labute approximate surface area is 127 Å². The smallest absolute Gasteiger partial charge is 0.406 e. The van der Waals surface area contributed by atoms with Gasteiger partial charge in [-0.05, 0) is 30.5 Å². The van der Waals surface area contributed by atoms with Crippen LogP contribution in [0.5, 0.6) is 5.75 Å². The van der Waals surface area contributed by atoms with Crippen molar-refractivity contribution in [3.8, 4) is 5.75 Å². The van der Waals surface area contributed by atoms with Crippen molar-refractivity contribution in [2.75, 3.05) is 20.3 Å². The maximum absolute atomic E-state index is 12.0. The number of methoxy groups -OCH3 is 1. The fraction of sp³-hybridized carbons (Fsp3) is 0.538. The molecule has 0 radical (unpaired) electrons. The lowest BCUT2D eigenvalue weighted by Crippen LogP contribution is -2.26. The molecule has 1 aromatic carbocycles. The lowest BCUT2D eigenvalue weighted by Gasteiger charge is -2.10. The highest BCUT2D eigenvalue weighted by Crippen LogP contribution is 2.23. The van der Waals surface area contributed by atoms with Crippen molar-refractivity contribution >= 4 is 10.0 Å². The Morgan fingerprint density at radius 1 is 1.14 bits per heavy atom. The minimum atomic E-state index is -4.77. The first-order chi connectivity index (χ1) is 10.2. The summed E-state index contributed by atoms with van der Waals surface area (Å²) in [5, 5.41) is 0. The molecular weight excluding hydrogens is 323 g/mol. The van der Waals surface area contributed by atoms with Gasteiger partial charge in [0.25, 0.3) is 0 Å². The maximum atomic E-state index is 12.0. The maximum Gasteiger partial charge on any atom is 0.573 e. The van der Waals surface area contributed by atoms with Gasteiger partial charge < -0.3 is 9.47 Å². The number of hydrogen-bond acceptors (Lipinski definition) is 4. The van der Waals surface area contributed by atoms with Crippen LogP contribution in [-0.4, -0.2) is 35.0 Å². The largest absolute Gasteiger partial charge is 0.573 e. The van der Waals surface area contributed by atoms with E-state index in [1.807, 2.05) is 0 Å². The van der Waals surface area contributed by atoms with E-state index in [2.05, 4.69) is 9.46 Å². The van der Waals surface area contributed by atoms with Gasteiger partial charge in [-0.1, -0.05) is 12.1 Å². The Balaban J connectivity index is 2.48. The summed E-state index contributed by atoms with van der Waals surface area (Å²) >= 11 is 0. The number of benzene rings is 1. The number of alkyl halides is 3. The molecule has 22 heavy (non-hydrogen) atoms. The average molecular weight is 341 g/mol. The van der Waals surface area contributed by atoms with Crippen molar-refractivity contribution in [3.05, 3.63) is 29.8 Å². The first kappa shape index (κ1) is 18.7.